The Balaban J connectivity index is 1.84. The number of esters is 1. The molecule has 7 heteroatoms. The van der Waals surface area contributed by atoms with Gasteiger partial charge in [-0.3, -0.25) is 4.79 Å². The highest BCUT2D eigenvalue weighted by molar-refractivity contribution is 6.74. The molecule has 0 N–H and O–H groups in total. The van der Waals surface area contributed by atoms with Crippen LogP contribution in [0.5, 0.6) is 0 Å². The second-order valence-electron chi connectivity index (χ2n) is 18.5. The zero-order valence-corrected chi connectivity index (χ0v) is 34.4. The van der Waals surface area contributed by atoms with Crippen molar-refractivity contribution in [2.75, 3.05) is 6.61 Å². The third kappa shape index (κ3) is 10.1. The molecule has 1 fully saturated rings. The van der Waals surface area contributed by atoms with Crippen molar-refractivity contribution in [3.05, 3.63) is 23.8 Å². The van der Waals surface area contributed by atoms with Gasteiger partial charge in [-0.15, -0.1) is 0 Å². The molecule has 7 atom stereocenters. The van der Waals surface area contributed by atoms with Crippen LogP contribution < -0.4 is 0 Å². The lowest BCUT2D eigenvalue weighted by molar-refractivity contribution is -0.160. The van der Waals surface area contributed by atoms with Gasteiger partial charge < -0.3 is 18.3 Å². The molecule has 5 nitrogen and oxygen atoms in total. The van der Waals surface area contributed by atoms with Crippen LogP contribution in [0.15, 0.2) is 23.8 Å². The van der Waals surface area contributed by atoms with Gasteiger partial charge >= 0.3 is 5.97 Å². The molecule has 0 spiro atoms. The van der Waals surface area contributed by atoms with Crippen molar-refractivity contribution in [2.45, 2.75) is 188 Å². The van der Waals surface area contributed by atoms with Gasteiger partial charge in [0.2, 0.25) is 0 Å². The summed E-state index contributed by atoms with van der Waals surface area (Å²) in [6.07, 6.45) is 16.0. The molecule has 1 aliphatic heterocycles. The maximum absolute atomic E-state index is 12.8. The number of hydrogen-bond acceptors (Lipinski definition) is 5. The minimum atomic E-state index is -1.97. The zero-order chi connectivity index (χ0) is 34.7. The van der Waals surface area contributed by atoms with Crippen LogP contribution in [0.3, 0.4) is 0 Å². The summed E-state index contributed by atoms with van der Waals surface area (Å²) in [5.74, 6) is 1.08. The molecule has 7 unspecified atom stereocenters. The van der Waals surface area contributed by atoms with Crippen molar-refractivity contribution < 1.29 is 23.1 Å². The second-order valence-corrected chi connectivity index (χ2v) is 28.0. The molecule has 0 amide bonds. The lowest BCUT2D eigenvalue weighted by Crippen LogP contribution is -2.48. The van der Waals surface area contributed by atoms with Crippen LogP contribution in [-0.4, -0.2) is 53.6 Å². The summed E-state index contributed by atoms with van der Waals surface area (Å²) in [5, 5.41) is 0.269. The minimum Gasteiger partial charge on any atom is -0.462 e. The highest BCUT2D eigenvalue weighted by Gasteiger charge is 2.46. The van der Waals surface area contributed by atoms with Crippen LogP contribution in [0, 0.1) is 23.2 Å². The molecule has 1 saturated heterocycles. The Bertz CT molecular complexity index is 1060. The number of carbonyl (C=O) groups excluding carboxylic acids is 1. The molecular weight excluding hydrogens is 605 g/mol. The van der Waals surface area contributed by atoms with E-state index in [2.05, 4.69) is 114 Å². The molecule has 1 heterocycles. The average Bonchev–Trinajstić information content (AvgIpc) is 2.89. The van der Waals surface area contributed by atoms with Crippen LogP contribution in [0.1, 0.15) is 127 Å². The van der Waals surface area contributed by atoms with Crippen LogP contribution in [0.4, 0.5) is 0 Å². The summed E-state index contributed by atoms with van der Waals surface area (Å²) in [4.78, 5) is 12.8. The van der Waals surface area contributed by atoms with Crippen LogP contribution in [0.2, 0.25) is 36.3 Å². The number of ether oxygens (including phenoxy) is 2. The van der Waals surface area contributed by atoms with Crippen molar-refractivity contribution in [2.24, 2.45) is 23.2 Å². The fraction of sp³-hybridized carbons (Fsp3) is 0.872. The number of rotatable bonds is 14. The van der Waals surface area contributed by atoms with Crippen molar-refractivity contribution in [1.29, 1.82) is 0 Å². The summed E-state index contributed by atoms with van der Waals surface area (Å²) < 4.78 is 26.8. The maximum atomic E-state index is 12.8. The van der Waals surface area contributed by atoms with E-state index in [1.54, 1.807) is 0 Å². The van der Waals surface area contributed by atoms with E-state index in [-0.39, 0.29) is 45.9 Å². The zero-order valence-electron chi connectivity index (χ0n) is 32.4. The third-order valence-corrected chi connectivity index (χ3v) is 21.3. The van der Waals surface area contributed by atoms with Gasteiger partial charge in [0.1, 0.15) is 6.10 Å². The molecule has 0 aromatic rings. The number of fused-ring (bicyclic) bond motifs is 1. The predicted molar refractivity (Wildman–Crippen MR) is 198 cm³/mol. The first kappa shape index (κ1) is 39.7. The second kappa shape index (κ2) is 15.4. The average molecular weight is 677 g/mol. The number of hydrogen-bond donors (Lipinski definition) is 0. The molecule has 0 saturated carbocycles. The van der Waals surface area contributed by atoms with E-state index in [4.69, 9.17) is 18.3 Å². The van der Waals surface area contributed by atoms with Gasteiger partial charge in [-0.2, -0.15) is 0 Å². The Labute approximate surface area is 286 Å². The monoisotopic (exact) mass is 676 g/mol. The van der Waals surface area contributed by atoms with E-state index in [1.807, 2.05) is 0 Å². The lowest BCUT2D eigenvalue weighted by atomic mass is 9.66. The first-order valence-electron chi connectivity index (χ1n) is 18.7. The lowest BCUT2D eigenvalue weighted by Gasteiger charge is -2.47. The van der Waals surface area contributed by atoms with Crippen molar-refractivity contribution in [3.63, 3.8) is 0 Å². The molecular formula is C39H72O5Si2. The van der Waals surface area contributed by atoms with Crippen molar-refractivity contribution >= 4 is 22.6 Å². The summed E-state index contributed by atoms with van der Waals surface area (Å²) in [6, 6.07) is 0. The van der Waals surface area contributed by atoms with Crippen LogP contribution >= 0.6 is 0 Å². The Hall–Kier alpha value is -0.736. The van der Waals surface area contributed by atoms with E-state index in [1.165, 1.54) is 31.3 Å². The molecule has 0 aromatic carbocycles. The van der Waals surface area contributed by atoms with Crippen molar-refractivity contribution in [3.8, 4) is 0 Å². The Morgan fingerprint density at radius 1 is 0.870 bits per heavy atom. The summed E-state index contributed by atoms with van der Waals surface area (Å²) in [5.41, 5.74) is 1.58. The Morgan fingerprint density at radius 2 is 1.46 bits per heavy atom. The Morgan fingerprint density at radius 3 is 2.02 bits per heavy atom. The van der Waals surface area contributed by atoms with Crippen LogP contribution in [0.25, 0.3) is 0 Å². The fourth-order valence-electron chi connectivity index (χ4n) is 7.53. The van der Waals surface area contributed by atoms with Gasteiger partial charge in [-0.05, 0) is 84.8 Å². The summed E-state index contributed by atoms with van der Waals surface area (Å²) in [7, 11) is -3.93. The van der Waals surface area contributed by atoms with Gasteiger partial charge in [0.15, 0.2) is 16.6 Å². The standard InChI is InChI=1S/C39H72O5Si2/c1-15-21-39(10,22-16-2)27-41-34-25-31(43-45(11,12)37(4,5)6)23-29-18-17-28(3)33(36(29)34)20-19-30-24-32(26-35(40)42-30)44-46(13,14)38(7,8)9/h17-18,23,28,30-34,36H,15-16,19-22,24-27H2,1-14H3. The molecule has 3 aliphatic rings. The normalized spacial score (nSPS) is 29.7. The van der Waals surface area contributed by atoms with Gasteiger partial charge in [0, 0.05) is 18.8 Å². The molecule has 0 radical (unpaired) electrons. The largest absolute Gasteiger partial charge is 0.462 e. The van der Waals surface area contributed by atoms with E-state index in [0.717, 1.165) is 32.3 Å². The number of allylic oxidation sites excluding steroid dienone is 2. The Kier molecular flexibility index (Phi) is 13.3. The number of carbonyl (C=O) groups is 1. The highest BCUT2D eigenvalue weighted by Crippen LogP contribution is 2.47. The molecule has 266 valence electrons. The maximum Gasteiger partial charge on any atom is 0.308 e. The molecule has 2 aliphatic carbocycles. The van der Waals surface area contributed by atoms with Crippen LogP contribution in [-0.2, 0) is 23.1 Å². The van der Waals surface area contributed by atoms with Crippen molar-refractivity contribution in [1.82, 2.24) is 0 Å². The van der Waals surface area contributed by atoms with Gasteiger partial charge in [-0.25, -0.2) is 0 Å². The van der Waals surface area contributed by atoms with Gasteiger partial charge in [0.25, 0.3) is 0 Å². The van der Waals surface area contributed by atoms with Gasteiger partial charge in [-0.1, -0.05) is 100 Å². The molecule has 0 bridgehead atoms. The first-order chi connectivity index (χ1) is 21.1. The summed E-state index contributed by atoms with van der Waals surface area (Å²) in [6.45, 7) is 33.2. The van der Waals surface area contributed by atoms with E-state index >= 15 is 0 Å². The summed E-state index contributed by atoms with van der Waals surface area (Å²) >= 11 is 0. The van der Waals surface area contributed by atoms with E-state index in [9.17, 15) is 4.79 Å². The molecule has 46 heavy (non-hydrogen) atoms. The predicted octanol–water partition coefficient (Wildman–Crippen LogP) is 11.0. The topological polar surface area (TPSA) is 54.0 Å². The SMILES string of the molecule is CCCC(C)(CCC)COC1CC(O[Si](C)(C)C(C)(C)C)C=C2C=CC(C)C(CCC3CC(O[Si](C)(C)C(C)(C)C)CC(=O)O3)C21. The quantitative estimate of drug-likeness (QED) is 0.135. The fourth-order valence-corrected chi connectivity index (χ4v) is 10.2. The highest BCUT2D eigenvalue weighted by atomic mass is 28.4. The third-order valence-electron chi connectivity index (χ3n) is 12.3. The minimum absolute atomic E-state index is 0.0416. The number of cyclic esters (lactones) is 1. The molecule has 3 rings (SSSR count). The van der Waals surface area contributed by atoms with E-state index in [0.29, 0.717) is 24.2 Å². The molecule has 0 aromatic heterocycles. The van der Waals surface area contributed by atoms with Gasteiger partial charge in [0.05, 0.1) is 31.3 Å². The van der Waals surface area contributed by atoms with E-state index < -0.39 is 16.6 Å². The smallest absolute Gasteiger partial charge is 0.308 e. The first-order valence-corrected chi connectivity index (χ1v) is 24.5.